The van der Waals surface area contributed by atoms with Crippen molar-refractivity contribution in [3.63, 3.8) is 0 Å². The molecule has 7 nitrogen and oxygen atoms in total. The number of fused-ring (bicyclic) bond motifs is 1. The second-order valence-electron chi connectivity index (χ2n) is 7.92. The minimum atomic E-state index is -0.620. The molecule has 2 unspecified atom stereocenters. The number of piperidine rings is 1. The van der Waals surface area contributed by atoms with Crippen LogP contribution in [0.4, 0.5) is 4.39 Å². The Bertz CT molecular complexity index is 1010. The molecule has 0 radical (unpaired) electrons. The third-order valence-electron chi connectivity index (χ3n) is 5.88. The maximum absolute atomic E-state index is 13.6. The molecule has 0 saturated carbocycles. The van der Waals surface area contributed by atoms with Gasteiger partial charge in [-0.2, -0.15) is 0 Å². The number of carbonyl (C=O) groups is 3. The summed E-state index contributed by atoms with van der Waals surface area (Å²) in [6.45, 7) is 1.48. The lowest BCUT2D eigenvalue weighted by atomic mass is 9.89. The quantitative estimate of drug-likeness (QED) is 0.850. The second kappa shape index (κ2) is 7.42. The molecule has 1 aromatic carbocycles. The highest BCUT2D eigenvalue weighted by Crippen LogP contribution is 2.31. The van der Waals surface area contributed by atoms with E-state index in [4.69, 9.17) is 5.73 Å². The summed E-state index contributed by atoms with van der Waals surface area (Å²) in [7, 11) is 1.70. The number of amides is 3. The minimum absolute atomic E-state index is 0.0173. The van der Waals surface area contributed by atoms with Crippen LogP contribution >= 0.6 is 0 Å². The number of aromatic nitrogens is 1. The Morgan fingerprint density at radius 2 is 2.03 bits per heavy atom. The Hall–Kier alpha value is -3.03. The number of nitrogens with zero attached hydrogens (tertiary/aromatic N) is 3. The fraction of sp³-hybridized carbons (Fsp3) is 0.429. The van der Waals surface area contributed by atoms with E-state index in [1.54, 1.807) is 29.0 Å². The number of hydrogen-bond acceptors (Lipinski definition) is 4. The predicted molar refractivity (Wildman–Crippen MR) is 105 cm³/mol. The van der Waals surface area contributed by atoms with Gasteiger partial charge >= 0.3 is 0 Å². The molecule has 2 N–H and O–H groups in total. The summed E-state index contributed by atoms with van der Waals surface area (Å²) < 4.78 is 13.6. The summed E-state index contributed by atoms with van der Waals surface area (Å²) in [6.07, 6.45) is 1.78. The summed E-state index contributed by atoms with van der Waals surface area (Å²) in [5, 5.41) is 0.513. The van der Waals surface area contributed by atoms with Crippen LogP contribution in [0.3, 0.4) is 0 Å². The largest absolute Gasteiger partial charge is 0.366 e. The zero-order chi connectivity index (χ0) is 20.7. The van der Waals surface area contributed by atoms with Gasteiger partial charge in [-0.25, -0.2) is 4.39 Å². The van der Waals surface area contributed by atoms with Gasteiger partial charge in [-0.05, 0) is 37.1 Å². The van der Waals surface area contributed by atoms with Gasteiger partial charge < -0.3 is 15.5 Å². The van der Waals surface area contributed by atoms with Crippen LogP contribution in [0.15, 0.2) is 24.3 Å². The SMILES string of the molecule is CN1CC(C(=O)N2CCCC(c3nc4ccc(F)cc4cc3C(N)=O)C2)CC1=O. The van der Waals surface area contributed by atoms with Crippen LogP contribution in [0.25, 0.3) is 10.9 Å². The fourth-order valence-corrected chi connectivity index (χ4v) is 4.36. The third-order valence-corrected chi connectivity index (χ3v) is 5.88. The van der Waals surface area contributed by atoms with E-state index in [0.29, 0.717) is 36.2 Å². The van der Waals surface area contributed by atoms with E-state index >= 15 is 0 Å². The second-order valence-corrected chi connectivity index (χ2v) is 7.92. The van der Waals surface area contributed by atoms with Crippen molar-refractivity contribution in [2.24, 2.45) is 11.7 Å². The van der Waals surface area contributed by atoms with Crippen molar-refractivity contribution in [3.8, 4) is 0 Å². The molecule has 3 amide bonds. The van der Waals surface area contributed by atoms with Crippen molar-refractivity contribution >= 4 is 28.6 Å². The Labute approximate surface area is 167 Å². The number of likely N-dealkylation sites (tertiary alicyclic amines) is 2. The number of rotatable bonds is 3. The van der Waals surface area contributed by atoms with Gasteiger partial charge in [0.2, 0.25) is 11.8 Å². The molecule has 2 fully saturated rings. The number of carbonyl (C=O) groups excluding carboxylic acids is 3. The molecular weight excluding hydrogens is 375 g/mol. The molecule has 2 saturated heterocycles. The number of halogens is 1. The number of pyridine rings is 1. The first-order chi connectivity index (χ1) is 13.8. The van der Waals surface area contributed by atoms with Gasteiger partial charge in [-0.15, -0.1) is 0 Å². The van der Waals surface area contributed by atoms with Gasteiger partial charge in [-0.1, -0.05) is 0 Å². The smallest absolute Gasteiger partial charge is 0.250 e. The lowest BCUT2D eigenvalue weighted by Crippen LogP contribution is -2.43. The van der Waals surface area contributed by atoms with E-state index < -0.39 is 11.7 Å². The summed E-state index contributed by atoms with van der Waals surface area (Å²) in [4.78, 5) is 44.7. The van der Waals surface area contributed by atoms with Crippen LogP contribution < -0.4 is 5.73 Å². The summed E-state index contributed by atoms with van der Waals surface area (Å²) in [5.41, 5.74) is 6.97. The molecule has 2 aliphatic rings. The zero-order valence-electron chi connectivity index (χ0n) is 16.2. The van der Waals surface area contributed by atoms with Crippen LogP contribution in [-0.4, -0.2) is 59.2 Å². The highest BCUT2D eigenvalue weighted by molar-refractivity contribution is 5.98. The van der Waals surface area contributed by atoms with Gasteiger partial charge in [0.15, 0.2) is 0 Å². The van der Waals surface area contributed by atoms with Crippen molar-refractivity contribution in [1.29, 1.82) is 0 Å². The minimum Gasteiger partial charge on any atom is -0.366 e. The molecule has 0 bridgehead atoms. The molecule has 152 valence electrons. The Morgan fingerprint density at radius 3 is 2.72 bits per heavy atom. The topological polar surface area (TPSA) is 96.6 Å². The molecule has 2 aromatic rings. The van der Waals surface area contributed by atoms with Crippen LogP contribution in [0.1, 0.15) is 41.2 Å². The first-order valence-electron chi connectivity index (χ1n) is 9.76. The highest BCUT2D eigenvalue weighted by Gasteiger charge is 2.37. The number of benzene rings is 1. The first-order valence-corrected chi connectivity index (χ1v) is 9.76. The summed E-state index contributed by atoms with van der Waals surface area (Å²) >= 11 is 0. The average molecular weight is 398 g/mol. The maximum Gasteiger partial charge on any atom is 0.250 e. The first kappa shape index (κ1) is 19.3. The van der Waals surface area contributed by atoms with E-state index in [1.165, 1.54) is 12.1 Å². The van der Waals surface area contributed by atoms with Crippen LogP contribution in [-0.2, 0) is 9.59 Å². The van der Waals surface area contributed by atoms with Crippen LogP contribution in [0.2, 0.25) is 0 Å². The number of hydrogen-bond donors (Lipinski definition) is 1. The van der Waals surface area contributed by atoms with Gasteiger partial charge in [0.1, 0.15) is 5.82 Å². The standard InChI is InChI=1S/C21H23FN4O3/c1-25-10-14(9-18(25)27)21(29)26-6-2-3-12(11-26)19-16(20(23)28)8-13-7-15(22)4-5-17(13)24-19/h4-5,7-8,12,14H,2-3,6,9-11H2,1H3,(H2,23,28). The Morgan fingerprint density at radius 1 is 1.24 bits per heavy atom. The van der Waals surface area contributed by atoms with Gasteiger partial charge in [-0.3, -0.25) is 19.4 Å². The monoisotopic (exact) mass is 398 g/mol. The van der Waals surface area contributed by atoms with E-state index in [-0.39, 0.29) is 35.6 Å². The lowest BCUT2D eigenvalue weighted by Gasteiger charge is -2.34. The molecule has 3 heterocycles. The Balaban J connectivity index is 1.62. The maximum atomic E-state index is 13.6. The third kappa shape index (κ3) is 3.66. The molecule has 0 aliphatic carbocycles. The average Bonchev–Trinajstić information content (AvgIpc) is 3.04. The van der Waals surface area contributed by atoms with Gasteiger partial charge in [0.25, 0.3) is 5.91 Å². The molecule has 0 spiro atoms. The van der Waals surface area contributed by atoms with E-state index in [1.807, 2.05) is 0 Å². The van der Waals surface area contributed by atoms with E-state index in [9.17, 15) is 18.8 Å². The molecule has 4 rings (SSSR count). The van der Waals surface area contributed by atoms with Crippen molar-refractivity contribution < 1.29 is 18.8 Å². The molecule has 29 heavy (non-hydrogen) atoms. The van der Waals surface area contributed by atoms with Gasteiger partial charge in [0, 0.05) is 44.4 Å². The van der Waals surface area contributed by atoms with E-state index in [0.717, 1.165) is 12.8 Å². The van der Waals surface area contributed by atoms with Crippen molar-refractivity contribution in [3.05, 3.63) is 41.3 Å². The summed E-state index contributed by atoms with van der Waals surface area (Å²) in [6, 6.07) is 5.80. The molecule has 1 aromatic heterocycles. The molecule has 8 heteroatoms. The van der Waals surface area contributed by atoms with E-state index in [2.05, 4.69) is 4.98 Å². The summed E-state index contributed by atoms with van der Waals surface area (Å²) in [5.74, 6) is -1.54. The number of nitrogens with two attached hydrogens (primary N) is 1. The predicted octanol–water partition coefficient (Wildman–Crippen LogP) is 1.66. The molecule has 2 atom stereocenters. The van der Waals surface area contributed by atoms with Crippen LogP contribution in [0, 0.1) is 11.7 Å². The Kier molecular flexibility index (Phi) is 4.94. The highest BCUT2D eigenvalue weighted by atomic mass is 19.1. The van der Waals surface area contributed by atoms with Gasteiger partial charge in [0.05, 0.1) is 22.7 Å². The normalized spacial score (nSPS) is 22.3. The van der Waals surface area contributed by atoms with Crippen molar-refractivity contribution in [2.45, 2.75) is 25.2 Å². The van der Waals surface area contributed by atoms with Crippen molar-refractivity contribution in [1.82, 2.24) is 14.8 Å². The van der Waals surface area contributed by atoms with Crippen molar-refractivity contribution in [2.75, 3.05) is 26.7 Å². The fourth-order valence-electron chi connectivity index (χ4n) is 4.36. The lowest BCUT2D eigenvalue weighted by molar-refractivity contribution is -0.137. The van der Waals surface area contributed by atoms with Crippen LogP contribution in [0.5, 0.6) is 0 Å². The number of primary amides is 1. The zero-order valence-corrected chi connectivity index (χ0v) is 16.2. The molecular formula is C21H23FN4O3. The molecule has 2 aliphatic heterocycles.